The van der Waals surface area contributed by atoms with Crippen LogP contribution < -0.4 is 5.01 Å². The van der Waals surface area contributed by atoms with Crippen molar-refractivity contribution in [3.8, 4) is 11.1 Å². The van der Waals surface area contributed by atoms with Gasteiger partial charge in [-0.05, 0) is 79.4 Å². The van der Waals surface area contributed by atoms with Gasteiger partial charge >= 0.3 is 0 Å². The van der Waals surface area contributed by atoms with Gasteiger partial charge in [-0.25, -0.2) is 11.1 Å². The number of benzene rings is 4. The van der Waals surface area contributed by atoms with Crippen molar-refractivity contribution in [1.82, 2.24) is 5.01 Å². The minimum Gasteiger partial charge on any atom is -0.524 e. The van der Waals surface area contributed by atoms with E-state index in [4.69, 9.17) is 4.42 Å². The van der Waals surface area contributed by atoms with Crippen LogP contribution in [0.5, 0.6) is 0 Å². The van der Waals surface area contributed by atoms with Crippen LogP contribution in [0.4, 0.5) is 11.4 Å². The van der Waals surface area contributed by atoms with E-state index >= 15 is 0 Å². The first-order chi connectivity index (χ1) is 19.0. The van der Waals surface area contributed by atoms with Crippen LogP contribution in [0.15, 0.2) is 77.2 Å². The Morgan fingerprint density at radius 3 is 2.40 bits per heavy atom. The number of hydrogen-bond acceptors (Lipinski definition) is 3. The summed E-state index contributed by atoms with van der Waals surface area (Å²) in [6.45, 7) is 11.9. The monoisotopic (exact) mass is 707 g/mol. The van der Waals surface area contributed by atoms with Crippen LogP contribution in [0.25, 0.3) is 33.1 Å². The van der Waals surface area contributed by atoms with Crippen molar-refractivity contribution in [3.63, 3.8) is 0 Å². The number of furan rings is 1. The van der Waals surface area contributed by atoms with Gasteiger partial charge in [0.15, 0.2) is 6.34 Å². The van der Waals surface area contributed by atoms with Crippen molar-refractivity contribution in [2.75, 3.05) is 11.6 Å². The van der Waals surface area contributed by atoms with Gasteiger partial charge in [0.2, 0.25) is 0 Å². The molecule has 0 spiro atoms. The van der Waals surface area contributed by atoms with Crippen LogP contribution in [-0.4, -0.2) is 22.5 Å². The van der Waals surface area contributed by atoms with Gasteiger partial charge in [-0.2, -0.15) is 12.1 Å². The molecule has 1 aromatic heterocycles. The summed E-state index contributed by atoms with van der Waals surface area (Å²) in [5.41, 5.74) is 10.2. The maximum atomic E-state index is 6.51. The van der Waals surface area contributed by atoms with E-state index in [2.05, 4.69) is 128 Å². The maximum absolute atomic E-state index is 6.51. The predicted octanol–water partition coefficient (Wildman–Crippen LogP) is 9.09. The van der Waals surface area contributed by atoms with E-state index in [0.29, 0.717) is 0 Å². The van der Waals surface area contributed by atoms with Crippen molar-refractivity contribution in [2.45, 2.75) is 53.4 Å². The third kappa shape index (κ3) is 5.34. The summed E-state index contributed by atoms with van der Waals surface area (Å²) < 4.78 is 8.65. The van der Waals surface area contributed by atoms with Gasteiger partial charge in [0, 0.05) is 37.6 Å². The van der Waals surface area contributed by atoms with Crippen LogP contribution in [0.2, 0.25) is 0 Å². The first-order valence-corrected chi connectivity index (χ1v) is 14.1. The average molecular weight is 707 g/mol. The Morgan fingerprint density at radius 2 is 1.65 bits per heavy atom. The van der Waals surface area contributed by atoms with Gasteiger partial charge in [-0.3, -0.25) is 0 Å². The van der Waals surface area contributed by atoms with Gasteiger partial charge in [0.05, 0.1) is 6.67 Å². The molecule has 0 unspecified atom stereocenters. The molecule has 6 rings (SSSR count). The Bertz CT molecular complexity index is 1650. The van der Waals surface area contributed by atoms with E-state index in [-0.39, 0.29) is 20.1 Å². The molecule has 0 amide bonds. The van der Waals surface area contributed by atoms with Crippen molar-refractivity contribution in [2.24, 2.45) is 0 Å². The number of fused-ring (bicyclic) bond motifs is 3. The average Bonchev–Trinajstić information content (AvgIpc) is 3.52. The quantitative estimate of drug-likeness (QED) is 0.0914. The van der Waals surface area contributed by atoms with E-state index in [1.165, 1.54) is 47.1 Å². The number of rotatable bonds is 8. The summed E-state index contributed by atoms with van der Waals surface area (Å²) in [6, 6.07) is 29.2. The number of aryl methyl sites for hydroxylation is 3. The third-order valence-corrected chi connectivity index (χ3v) is 7.67. The van der Waals surface area contributed by atoms with Crippen LogP contribution in [0.1, 0.15) is 49.3 Å². The van der Waals surface area contributed by atoms with Crippen molar-refractivity contribution < 1.29 is 29.1 Å². The molecule has 0 saturated carbocycles. The Labute approximate surface area is 251 Å². The van der Waals surface area contributed by atoms with Gasteiger partial charge in [-0.15, -0.1) is 5.01 Å². The molecule has 2 heterocycles. The van der Waals surface area contributed by atoms with Crippen LogP contribution >= 0.6 is 0 Å². The number of para-hydroxylation sites is 1. The second kappa shape index (κ2) is 12.0. The van der Waals surface area contributed by atoms with Crippen LogP contribution in [0, 0.1) is 33.5 Å². The Hall–Kier alpha value is -3.37. The number of nitrogens with zero attached hydrogens (tertiary/aromatic N) is 3. The maximum Gasteiger partial charge on any atom is 0.161 e. The molecule has 4 nitrogen and oxygen atoms in total. The summed E-state index contributed by atoms with van der Waals surface area (Å²) in [4.78, 5) is 0. The van der Waals surface area contributed by atoms with Crippen LogP contribution in [-0.2, 0) is 20.1 Å². The molecular weight excluding hydrogens is 671 g/mol. The van der Waals surface area contributed by atoms with Gasteiger partial charge in [0.25, 0.3) is 0 Å². The molecule has 4 aromatic carbocycles. The molecule has 40 heavy (non-hydrogen) atoms. The SMILES string of the molecule is CCCCCCN1[CH-][N+](c2[c-]ccc3c2oc2ccc(-c4c(C)cc(C)cc4C)cc23)=CN1c1ccccc1.[Ir]. The molecule has 0 atom stereocenters. The van der Waals surface area contributed by atoms with E-state index in [1.807, 2.05) is 6.07 Å². The molecule has 0 saturated heterocycles. The number of hydrazine groups is 1. The molecule has 207 valence electrons. The summed E-state index contributed by atoms with van der Waals surface area (Å²) in [6.07, 6.45) is 7.02. The first kappa shape index (κ1) is 28.2. The van der Waals surface area contributed by atoms with E-state index in [9.17, 15) is 0 Å². The molecule has 5 heteroatoms. The fourth-order valence-electron chi connectivity index (χ4n) is 5.90. The number of hydrogen-bond donors (Lipinski definition) is 0. The number of unbranched alkanes of at least 4 members (excludes halogenated alkanes) is 3. The summed E-state index contributed by atoms with van der Waals surface area (Å²) in [5.74, 6) is 0. The fourth-order valence-corrected chi connectivity index (χ4v) is 5.90. The zero-order valence-electron chi connectivity index (χ0n) is 23.7. The van der Waals surface area contributed by atoms with E-state index in [1.54, 1.807) is 0 Å². The Balaban J connectivity index is 0.00000323. The molecule has 1 radical (unpaired) electrons. The zero-order chi connectivity index (χ0) is 26.9. The predicted molar refractivity (Wildman–Crippen MR) is 162 cm³/mol. The molecule has 0 fully saturated rings. The largest absolute Gasteiger partial charge is 0.524 e. The van der Waals surface area contributed by atoms with E-state index in [0.717, 1.165) is 46.3 Å². The standard InChI is InChI=1S/C35H36N3O.Ir/c1-5-6-7-11-19-37-23-36(24-38(37)29-13-9-8-10-14-29)32-16-12-15-30-31-22-28(17-18-33(31)39-35(30)32)34-26(3)20-25(2)21-27(34)4;/h8-10,12-15,17-18,20-24H,5-7,11,19H2,1-4H3;/q-1;. The minimum absolute atomic E-state index is 0. The zero-order valence-corrected chi connectivity index (χ0v) is 26.1. The molecule has 0 bridgehead atoms. The molecule has 0 aliphatic carbocycles. The third-order valence-electron chi connectivity index (χ3n) is 7.67. The first-order valence-electron chi connectivity index (χ1n) is 14.1. The summed E-state index contributed by atoms with van der Waals surface area (Å²) in [5, 5.41) is 6.76. The fraction of sp³-hybridized carbons (Fsp3) is 0.257. The molecule has 1 aliphatic rings. The van der Waals surface area contributed by atoms with Crippen molar-refractivity contribution in [1.29, 1.82) is 0 Å². The smallest absolute Gasteiger partial charge is 0.161 e. The second-order valence-electron chi connectivity index (χ2n) is 10.7. The minimum atomic E-state index is 0. The van der Waals surface area contributed by atoms with Gasteiger partial charge < -0.3 is 8.99 Å². The topological polar surface area (TPSA) is 22.6 Å². The van der Waals surface area contributed by atoms with E-state index < -0.39 is 0 Å². The molecule has 5 aromatic rings. The molecule has 1 aliphatic heterocycles. The summed E-state index contributed by atoms with van der Waals surface area (Å²) in [7, 11) is 0. The Morgan fingerprint density at radius 1 is 0.875 bits per heavy atom. The normalized spacial score (nSPS) is 13.5. The van der Waals surface area contributed by atoms with Crippen LogP contribution in [0.3, 0.4) is 0 Å². The molecular formula is C35H36IrN3O-. The van der Waals surface area contributed by atoms with Crippen molar-refractivity contribution >= 4 is 39.7 Å². The second-order valence-corrected chi connectivity index (χ2v) is 10.7. The van der Waals surface area contributed by atoms with Gasteiger partial charge in [-0.1, -0.05) is 73.5 Å². The number of anilines is 1. The Kier molecular flexibility index (Phi) is 8.46. The van der Waals surface area contributed by atoms with Gasteiger partial charge in [0.1, 0.15) is 11.3 Å². The summed E-state index contributed by atoms with van der Waals surface area (Å²) >= 11 is 0. The van der Waals surface area contributed by atoms with Crippen molar-refractivity contribution in [3.05, 3.63) is 102 Å². The molecule has 0 N–H and O–H groups in total.